The molecule has 0 aliphatic carbocycles. The van der Waals surface area contributed by atoms with Crippen LogP contribution in [0.15, 0.2) is 83.8 Å². The predicted molar refractivity (Wildman–Crippen MR) is 118 cm³/mol. The fourth-order valence-corrected chi connectivity index (χ4v) is 4.25. The number of sulfone groups is 1. The zero-order valence-corrected chi connectivity index (χ0v) is 18.7. The first kappa shape index (κ1) is 24.5. The predicted octanol–water partition coefficient (Wildman–Crippen LogP) is 6.65. The highest BCUT2D eigenvalue weighted by molar-refractivity contribution is 7.90. The Morgan fingerprint density at radius 3 is 2.00 bits per heavy atom. The molecule has 0 radical (unpaired) electrons. The lowest BCUT2D eigenvalue weighted by molar-refractivity contribution is -0.141. The lowest BCUT2D eigenvalue weighted by atomic mass is 10.0. The number of nitrogens with zero attached hydrogens (tertiary/aromatic N) is 2. The molecule has 1 heterocycles. The Morgan fingerprint density at radius 1 is 0.743 bits per heavy atom. The van der Waals surface area contributed by atoms with E-state index in [1.54, 1.807) is 12.1 Å². The van der Waals surface area contributed by atoms with Gasteiger partial charge in [-0.1, -0.05) is 42.5 Å². The van der Waals surface area contributed by atoms with Gasteiger partial charge in [0.2, 0.25) is 0 Å². The number of alkyl halides is 6. The Morgan fingerprint density at radius 2 is 1.37 bits per heavy atom. The Kier molecular flexibility index (Phi) is 6.00. The van der Waals surface area contributed by atoms with Crippen LogP contribution in [-0.4, -0.2) is 24.5 Å². The van der Waals surface area contributed by atoms with E-state index in [0.717, 1.165) is 29.1 Å². The minimum Gasteiger partial charge on any atom is -0.232 e. The highest BCUT2D eigenvalue weighted by Gasteiger charge is 2.38. The third kappa shape index (κ3) is 5.09. The van der Waals surface area contributed by atoms with Crippen molar-refractivity contribution in [2.24, 2.45) is 0 Å². The summed E-state index contributed by atoms with van der Waals surface area (Å²) in [6.45, 7) is 0. The minimum atomic E-state index is -4.89. The van der Waals surface area contributed by atoms with Crippen molar-refractivity contribution in [2.45, 2.75) is 17.2 Å². The van der Waals surface area contributed by atoms with Crippen LogP contribution in [0, 0.1) is 0 Å². The summed E-state index contributed by atoms with van der Waals surface area (Å²) in [5.41, 5.74) is -2.36. The van der Waals surface area contributed by atoms with Crippen molar-refractivity contribution in [1.82, 2.24) is 9.78 Å². The van der Waals surface area contributed by atoms with E-state index in [2.05, 4.69) is 5.10 Å². The van der Waals surface area contributed by atoms with Crippen LogP contribution >= 0.6 is 0 Å². The van der Waals surface area contributed by atoms with Gasteiger partial charge in [0.25, 0.3) is 0 Å². The van der Waals surface area contributed by atoms with E-state index in [1.165, 1.54) is 42.5 Å². The van der Waals surface area contributed by atoms with E-state index < -0.39 is 44.7 Å². The van der Waals surface area contributed by atoms with E-state index in [4.69, 9.17) is 0 Å². The number of hydrogen-bond acceptors (Lipinski definition) is 3. The van der Waals surface area contributed by atoms with Gasteiger partial charge in [-0.25, -0.2) is 13.1 Å². The zero-order valence-electron chi connectivity index (χ0n) is 17.9. The molecule has 0 amide bonds. The summed E-state index contributed by atoms with van der Waals surface area (Å²) in [5, 5.41) is 3.57. The van der Waals surface area contributed by atoms with Crippen LogP contribution in [-0.2, 0) is 22.2 Å². The monoisotopic (exact) mass is 510 g/mol. The van der Waals surface area contributed by atoms with Crippen molar-refractivity contribution in [3.05, 3.63) is 90.1 Å². The molecule has 0 unspecified atom stereocenters. The van der Waals surface area contributed by atoms with Crippen molar-refractivity contribution >= 4 is 9.84 Å². The number of benzene rings is 3. The van der Waals surface area contributed by atoms with E-state index in [9.17, 15) is 34.8 Å². The molecule has 4 nitrogen and oxygen atoms in total. The molecule has 0 atom stereocenters. The molecule has 35 heavy (non-hydrogen) atoms. The standard InChI is InChI=1S/C24H16F6N2O2S/c1-35(33,34)18-9-5-7-16(13-18)15-6-4-8-17(12-15)32-21(14-22(31-32)24(28,29)30)19-10-2-3-11-20(19)23(25,26)27/h2-14H,1H3. The molecular weight excluding hydrogens is 494 g/mol. The lowest BCUT2D eigenvalue weighted by Gasteiger charge is -2.15. The van der Waals surface area contributed by atoms with Crippen LogP contribution in [0.4, 0.5) is 26.3 Å². The molecule has 4 aromatic rings. The first-order valence-corrected chi connectivity index (χ1v) is 11.9. The normalized spacial score (nSPS) is 12.7. The molecule has 0 N–H and O–H groups in total. The Labute approximate surface area is 196 Å². The lowest BCUT2D eigenvalue weighted by Crippen LogP contribution is -2.09. The molecule has 4 rings (SSSR count). The third-order valence-corrected chi connectivity index (χ3v) is 6.30. The number of aromatic nitrogens is 2. The molecule has 1 aromatic heterocycles. The average molecular weight is 510 g/mol. The van der Waals surface area contributed by atoms with Gasteiger partial charge >= 0.3 is 12.4 Å². The van der Waals surface area contributed by atoms with Gasteiger partial charge in [0.05, 0.1) is 21.8 Å². The van der Waals surface area contributed by atoms with Crippen LogP contribution in [0.3, 0.4) is 0 Å². The maximum Gasteiger partial charge on any atom is 0.435 e. The van der Waals surface area contributed by atoms with Crippen LogP contribution in [0.2, 0.25) is 0 Å². The topological polar surface area (TPSA) is 52.0 Å². The third-order valence-electron chi connectivity index (χ3n) is 5.19. The molecule has 182 valence electrons. The minimum absolute atomic E-state index is 0.0404. The van der Waals surface area contributed by atoms with Gasteiger partial charge in [-0.15, -0.1) is 0 Å². The highest BCUT2D eigenvalue weighted by atomic mass is 32.2. The maximum atomic E-state index is 13.6. The van der Waals surface area contributed by atoms with Crippen LogP contribution in [0.5, 0.6) is 0 Å². The summed E-state index contributed by atoms with van der Waals surface area (Å²) in [7, 11) is -3.52. The molecule has 11 heteroatoms. The van der Waals surface area contributed by atoms with E-state index >= 15 is 0 Å². The number of hydrogen-bond donors (Lipinski definition) is 0. The first-order valence-electron chi connectivity index (χ1n) is 10.00. The summed E-state index contributed by atoms with van der Waals surface area (Å²) in [5.74, 6) is 0. The molecule has 0 aliphatic heterocycles. The maximum absolute atomic E-state index is 13.6. The second-order valence-electron chi connectivity index (χ2n) is 7.72. The fourth-order valence-electron chi connectivity index (χ4n) is 3.59. The molecule has 0 bridgehead atoms. The summed E-state index contributed by atoms with van der Waals surface area (Å²) in [6.07, 6.45) is -8.66. The van der Waals surface area contributed by atoms with E-state index in [1.807, 2.05) is 0 Å². The Bertz CT molecular complexity index is 1500. The molecule has 0 aliphatic rings. The van der Waals surface area contributed by atoms with Gasteiger partial charge < -0.3 is 0 Å². The molecular formula is C24H16F6N2O2S. The summed E-state index contributed by atoms with van der Waals surface area (Å²) in [4.78, 5) is 0.0404. The molecule has 3 aromatic carbocycles. The largest absolute Gasteiger partial charge is 0.435 e. The van der Waals surface area contributed by atoms with Gasteiger partial charge in [0.1, 0.15) is 0 Å². The number of halogens is 6. The smallest absolute Gasteiger partial charge is 0.232 e. The van der Waals surface area contributed by atoms with Gasteiger partial charge in [0.15, 0.2) is 15.5 Å². The van der Waals surface area contributed by atoms with Crippen molar-refractivity contribution in [1.29, 1.82) is 0 Å². The first-order chi connectivity index (χ1) is 16.2. The second-order valence-corrected chi connectivity index (χ2v) is 9.73. The molecule has 0 saturated heterocycles. The highest BCUT2D eigenvalue weighted by Crippen LogP contribution is 2.40. The summed E-state index contributed by atoms with van der Waals surface area (Å²) in [6, 6.07) is 16.7. The summed E-state index contributed by atoms with van der Waals surface area (Å²) >= 11 is 0. The fraction of sp³-hybridized carbons (Fsp3) is 0.125. The van der Waals surface area contributed by atoms with Gasteiger partial charge in [-0.2, -0.15) is 31.4 Å². The zero-order chi connectivity index (χ0) is 25.6. The van der Waals surface area contributed by atoms with Crippen LogP contribution in [0.1, 0.15) is 11.3 Å². The Balaban J connectivity index is 1.92. The van der Waals surface area contributed by atoms with Crippen molar-refractivity contribution < 1.29 is 34.8 Å². The quantitative estimate of drug-likeness (QED) is 0.289. The van der Waals surface area contributed by atoms with Gasteiger partial charge in [0, 0.05) is 11.8 Å². The van der Waals surface area contributed by atoms with E-state index in [-0.39, 0.29) is 10.6 Å². The van der Waals surface area contributed by atoms with E-state index in [0.29, 0.717) is 17.2 Å². The molecule has 0 saturated carbocycles. The SMILES string of the molecule is CS(=O)(=O)c1cccc(-c2cccc(-n3nc(C(F)(F)F)cc3-c3ccccc3C(F)(F)F)c2)c1. The van der Waals surface area contributed by atoms with Crippen molar-refractivity contribution in [3.63, 3.8) is 0 Å². The molecule has 0 spiro atoms. The number of rotatable bonds is 4. The second kappa shape index (κ2) is 8.56. The Hall–Kier alpha value is -3.60. The van der Waals surface area contributed by atoms with Crippen LogP contribution < -0.4 is 0 Å². The van der Waals surface area contributed by atoms with Crippen molar-refractivity contribution in [3.8, 4) is 28.1 Å². The van der Waals surface area contributed by atoms with Crippen LogP contribution in [0.25, 0.3) is 28.1 Å². The van der Waals surface area contributed by atoms with Gasteiger partial charge in [-0.3, -0.25) is 0 Å². The summed E-state index contributed by atoms with van der Waals surface area (Å²) < 4.78 is 106. The van der Waals surface area contributed by atoms with Gasteiger partial charge in [-0.05, 0) is 47.5 Å². The molecule has 0 fully saturated rings. The van der Waals surface area contributed by atoms with Crippen molar-refractivity contribution in [2.75, 3.05) is 6.26 Å². The average Bonchev–Trinajstić information content (AvgIpc) is 3.24.